The lowest BCUT2D eigenvalue weighted by Gasteiger charge is -2.31. The Labute approximate surface area is 207 Å². The van der Waals surface area contributed by atoms with Crippen molar-refractivity contribution in [2.45, 2.75) is 43.9 Å². The highest BCUT2D eigenvalue weighted by Gasteiger charge is 2.33. The van der Waals surface area contributed by atoms with Gasteiger partial charge in [0.25, 0.3) is 0 Å². The number of sulfonamides is 1. The van der Waals surface area contributed by atoms with Crippen molar-refractivity contribution in [3.63, 3.8) is 0 Å². The molecule has 1 unspecified atom stereocenters. The number of carbonyl (C=O) groups is 1. The van der Waals surface area contributed by atoms with Crippen molar-refractivity contribution < 1.29 is 17.9 Å². The summed E-state index contributed by atoms with van der Waals surface area (Å²) in [5.74, 6) is -0.280. The second kappa shape index (κ2) is 11.3. The van der Waals surface area contributed by atoms with E-state index in [2.05, 4.69) is 29.3 Å². The van der Waals surface area contributed by atoms with Crippen LogP contribution in [0.25, 0.3) is 0 Å². The number of nitrogens with zero attached hydrogens (tertiary/aromatic N) is 3. The maximum Gasteiger partial charge on any atom is 0.244 e. The van der Waals surface area contributed by atoms with E-state index in [-0.39, 0.29) is 41.5 Å². The summed E-state index contributed by atoms with van der Waals surface area (Å²) in [6.45, 7) is 6.49. The number of piperidine rings is 1. The van der Waals surface area contributed by atoms with Crippen LogP contribution in [0.1, 0.15) is 36.5 Å². The van der Waals surface area contributed by atoms with Crippen molar-refractivity contribution in [3.8, 4) is 6.07 Å². The standard InChI is InChI=1S/C26H32N4O4S/c1-20-18-29(13-14-34-20)19-22-6-4-5-21(15-22)17-28-26(31)23-9-11-30(12-10-23)35(32,33)25-8-3-2-7-24(25)16-27/h2-8,15,20,23H,9-14,17-19H2,1H3,(H,28,31). The third-order valence-corrected chi connectivity index (χ3v) is 8.60. The van der Waals surface area contributed by atoms with E-state index in [1.807, 2.05) is 18.2 Å². The first kappa shape index (κ1) is 25.3. The zero-order chi connectivity index (χ0) is 24.8. The van der Waals surface area contributed by atoms with Gasteiger partial charge < -0.3 is 10.1 Å². The third kappa shape index (κ3) is 6.27. The first-order valence-electron chi connectivity index (χ1n) is 12.1. The molecule has 0 radical (unpaired) electrons. The lowest BCUT2D eigenvalue weighted by atomic mass is 9.97. The zero-order valence-electron chi connectivity index (χ0n) is 20.0. The van der Waals surface area contributed by atoms with Crippen molar-refractivity contribution in [2.24, 2.45) is 5.92 Å². The van der Waals surface area contributed by atoms with Crippen molar-refractivity contribution in [2.75, 3.05) is 32.8 Å². The molecule has 2 saturated heterocycles. The summed E-state index contributed by atoms with van der Waals surface area (Å²) in [5.41, 5.74) is 2.39. The number of amides is 1. The van der Waals surface area contributed by atoms with Gasteiger partial charge in [0.05, 0.1) is 23.2 Å². The normalized spacial score (nSPS) is 20.3. The molecule has 35 heavy (non-hydrogen) atoms. The molecule has 1 amide bonds. The van der Waals surface area contributed by atoms with Gasteiger partial charge in [-0.15, -0.1) is 0 Å². The molecule has 186 valence electrons. The maximum atomic E-state index is 13.0. The second-order valence-corrected chi connectivity index (χ2v) is 11.1. The fourth-order valence-electron chi connectivity index (χ4n) is 4.75. The second-order valence-electron chi connectivity index (χ2n) is 9.24. The number of morpholine rings is 1. The van der Waals surface area contributed by atoms with Gasteiger partial charge in [0.15, 0.2) is 0 Å². The van der Waals surface area contributed by atoms with E-state index in [4.69, 9.17) is 4.74 Å². The van der Waals surface area contributed by atoms with Gasteiger partial charge in [0.1, 0.15) is 6.07 Å². The summed E-state index contributed by atoms with van der Waals surface area (Å²) in [7, 11) is -3.76. The Balaban J connectivity index is 1.28. The van der Waals surface area contributed by atoms with Crippen LogP contribution in [0, 0.1) is 17.2 Å². The summed E-state index contributed by atoms with van der Waals surface area (Å²) in [4.78, 5) is 15.2. The fourth-order valence-corrected chi connectivity index (χ4v) is 6.36. The Bertz CT molecular complexity index is 1190. The van der Waals surface area contributed by atoms with Gasteiger partial charge in [0, 0.05) is 45.2 Å². The molecule has 8 nitrogen and oxygen atoms in total. The number of hydrogen-bond donors (Lipinski definition) is 1. The molecule has 2 heterocycles. The minimum atomic E-state index is -3.76. The Morgan fingerprint density at radius 1 is 1.11 bits per heavy atom. The van der Waals surface area contributed by atoms with Crippen LogP contribution in [0.15, 0.2) is 53.4 Å². The zero-order valence-corrected chi connectivity index (χ0v) is 20.8. The van der Waals surface area contributed by atoms with E-state index in [1.54, 1.807) is 12.1 Å². The van der Waals surface area contributed by atoms with Crippen molar-refractivity contribution in [1.29, 1.82) is 5.26 Å². The van der Waals surface area contributed by atoms with Crippen LogP contribution < -0.4 is 5.32 Å². The average molecular weight is 497 g/mol. The molecule has 0 aromatic heterocycles. The predicted molar refractivity (Wildman–Crippen MR) is 132 cm³/mol. The number of hydrogen-bond acceptors (Lipinski definition) is 6. The molecule has 0 saturated carbocycles. The van der Waals surface area contributed by atoms with Crippen LogP contribution in [-0.4, -0.2) is 62.4 Å². The molecule has 9 heteroatoms. The molecule has 0 spiro atoms. The van der Waals surface area contributed by atoms with Gasteiger partial charge in [-0.3, -0.25) is 9.69 Å². The molecular weight excluding hydrogens is 464 g/mol. The highest BCUT2D eigenvalue weighted by molar-refractivity contribution is 7.89. The van der Waals surface area contributed by atoms with E-state index in [9.17, 15) is 18.5 Å². The van der Waals surface area contributed by atoms with Gasteiger partial charge >= 0.3 is 0 Å². The fraction of sp³-hybridized carbons (Fsp3) is 0.462. The largest absolute Gasteiger partial charge is 0.376 e. The number of carbonyl (C=O) groups excluding carboxylic acids is 1. The summed E-state index contributed by atoms with van der Waals surface area (Å²) < 4.78 is 33.0. The lowest BCUT2D eigenvalue weighted by Crippen LogP contribution is -2.43. The minimum absolute atomic E-state index is 0.0248. The minimum Gasteiger partial charge on any atom is -0.376 e. The Kier molecular flexibility index (Phi) is 8.19. The number of nitriles is 1. The number of nitrogens with one attached hydrogen (secondary N) is 1. The van der Waals surface area contributed by atoms with Crippen molar-refractivity contribution in [3.05, 3.63) is 65.2 Å². The van der Waals surface area contributed by atoms with Crippen LogP contribution in [0.5, 0.6) is 0 Å². The van der Waals surface area contributed by atoms with Gasteiger partial charge in [-0.25, -0.2) is 8.42 Å². The van der Waals surface area contributed by atoms with Crippen LogP contribution in [0.2, 0.25) is 0 Å². The third-order valence-electron chi connectivity index (χ3n) is 6.64. The number of rotatable bonds is 7. The first-order valence-corrected chi connectivity index (χ1v) is 13.5. The van der Waals surface area contributed by atoms with Crippen molar-refractivity contribution >= 4 is 15.9 Å². The Morgan fingerprint density at radius 2 is 1.86 bits per heavy atom. The summed E-state index contributed by atoms with van der Waals surface area (Å²) in [5, 5.41) is 12.3. The molecule has 2 aliphatic heterocycles. The summed E-state index contributed by atoms with van der Waals surface area (Å²) in [6.07, 6.45) is 1.15. The van der Waals surface area contributed by atoms with E-state index in [0.717, 1.165) is 31.8 Å². The topological polar surface area (TPSA) is 103 Å². The highest BCUT2D eigenvalue weighted by atomic mass is 32.2. The molecule has 2 fully saturated rings. The van der Waals surface area contributed by atoms with Crippen LogP contribution in [0.4, 0.5) is 0 Å². The molecule has 2 aliphatic rings. The van der Waals surface area contributed by atoms with Crippen LogP contribution in [0.3, 0.4) is 0 Å². The van der Waals surface area contributed by atoms with E-state index < -0.39 is 10.0 Å². The predicted octanol–water partition coefficient (Wildman–Crippen LogP) is 2.50. The molecule has 1 N–H and O–H groups in total. The van der Waals surface area contributed by atoms with Crippen LogP contribution >= 0.6 is 0 Å². The Morgan fingerprint density at radius 3 is 2.60 bits per heavy atom. The molecule has 2 aromatic rings. The Hall–Kier alpha value is -2.77. The summed E-state index contributed by atoms with van der Waals surface area (Å²) in [6, 6.07) is 16.4. The van der Waals surface area contributed by atoms with E-state index >= 15 is 0 Å². The highest BCUT2D eigenvalue weighted by Crippen LogP contribution is 2.26. The monoisotopic (exact) mass is 496 g/mol. The van der Waals surface area contributed by atoms with E-state index in [0.29, 0.717) is 19.4 Å². The first-order chi connectivity index (χ1) is 16.9. The van der Waals surface area contributed by atoms with E-state index in [1.165, 1.54) is 22.0 Å². The molecular formula is C26H32N4O4S. The molecule has 1 atom stereocenters. The number of ether oxygens (including phenoxy) is 1. The molecule has 0 aliphatic carbocycles. The summed E-state index contributed by atoms with van der Waals surface area (Å²) >= 11 is 0. The van der Waals surface area contributed by atoms with Gasteiger partial charge in [-0.1, -0.05) is 36.4 Å². The average Bonchev–Trinajstić information content (AvgIpc) is 2.87. The van der Waals surface area contributed by atoms with Gasteiger partial charge in [0.2, 0.25) is 15.9 Å². The van der Waals surface area contributed by atoms with Gasteiger partial charge in [-0.05, 0) is 43.0 Å². The number of benzene rings is 2. The van der Waals surface area contributed by atoms with Gasteiger partial charge in [-0.2, -0.15) is 9.57 Å². The lowest BCUT2D eigenvalue weighted by molar-refractivity contribution is -0.126. The maximum absolute atomic E-state index is 13.0. The van der Waals surface area contributed by atoms with Crippen LogP contribution in [-0.2, 0) is 32.6 Å². The quantitative estimate of drug-likeness (QED) is 0.632. The molecule has 4 rings (SSSR count). The molecule has 0 bridgehead atoms. The van der Waals surface area contributed by atoms with Crippen molar-refractivity contribution in [1.82, 2.24) is 14.5 Å². The smallest absolute Gasteiger partial charge is 0.244 e. The molecule has 2 aromatic carbocycles. The SMILES string of the molecule is CC1CN(Cc2cccc(CNC(=O)C3CCN(S(=O)(=O)c4ccccc4C#N)CC3)c2)CCO1.